The molecule has 150 valence electrons. The van der Waals surface area contributed by atoms with Gasteiger partial charge < -0.3 is 14.5 Å². The number of amides is 2. The predicted molar refractivity (Wildman–Crippen MR) is 102 cm³/mol. The number of hydrogen-bond acceptors (Lipinski definition) is 4. The van der Waals surface area contributed by atoms with Crippen molar-refractivity contribution in [2.45, 2.75) is 43.6 Å². The monoisotopic (exact) mass is 395 g/mol. The third kappa shape index (κ3) is 3.00. The van der Waals surface area contributed by atoms with E-state index in [1.807, 2.05) is 18.2 Å². The molecule has 3 fully saturated rings. The first-order chi connectivity index (χ1) is 14.1. The molecule has 0 N–H and O–H groups in total. The molecule has 29 heavy (non-hydrogen) atoms. The van der Waals surface area contributed by atoms with E-state index < -0.39 is 11.4 Å². The Balaban J connectivity index is 1.31. The molecule has 2 amide bonds. The lowest BCUT2D eigenvalue weighted by Gasteiger charge is -2.37. The Morgan fingerprint density at radius 1 is 1.14 bits per heavy atom. The molecule has 1 spiro atoms. The summed E-state index contributed by atoms with van der Waals surface area (Å²) in [7, 11) is 0. The molecule has 0 saturated carbocycles. The largest absolute Gasteiger partial charge is 0.342 e. The van der Waals surface area contributed by atoms with Gasteiger partial charge in [0, 0.05) is 37.7 Å². The maximum absolute atomic E-state index is 13.6. The second-order valence-electron chi connectivity index (χ2n) is 7.97. The molecule has 3 aliphatic heterocycles. The number of nitrogens with zero attached hydrogens (tertiary/aromatic N) is 3. The van der Waals surface area contributed by atoms with E-state index in [-0.39, 0.29) is 24.1 Å². The average molecular weight is 395 g/mol. The van der Waals surface area contributed by atoms with Gasteiger partial charge in [0.25, 0.3) is 11.8 Å². The van der Waals surface area contributed by atoms with Gasteiger partial charge in [-0.25, -0.2) is 4.39 Å². The molecule has 1 aromatic carbocycles. The number of halogens is 1. The van der Waals surface area contributed by atoms with Gasteiger partial charge in [-0.2, -0.15) is 0 Å². The number of likely N-dealkylation sites (tertiary alicyclic amines) is 1. The quantitative estimate of drug-likeness (QED) is 0.785. The fraction of sp³-hybridized carbons (Fsp3) is 0.409. The van der Waals surface area contributed by atoms with Crippen LogP contribution in [-0.4, -0.2) is 51.5 Å². The molecule has 3 saturated heterocycles. The van der Waals surface area contributed by atoms with Gasteiger partial charge in [0.2, 0.25) is 0 Å². The molecule has 0 aliphatic carbocycles. The van der Waals surface area contributed by atoms with E-state index in [2.05, 4.69) is 4.98 Å². The van der Waals surface area contributed by atoms with Crippen LogP contribution in [0.15, 0.2) is 48.8 Å². The summed E-state index contributed by atoms with van der Waals surface area (Å²) < 4.78 is 19.9. The van der Waals surface area contributed by atoms with Crippen molar-refractivity contribution in [3.05, 3.63) is 65.7 Å². The van der Waals surface area contributed by atoms with Gasteiger partial charge in [-0.1, -0.05) is 18.2 Å². The number of piperidine rings is 1. The van der Waals surface area contributed by atoms with Gasteiger partial charge in [0.05, 0.1) is 12.2 Å². The smallest absolute Gasteiger partial charge is 0.257 e. The minimum Gasteiger partial charge on any atom is -0.342 e. The van der Waals surface area contributed by atoms with E-state index in [0.717, 1.165) is 12.8 Å². The van der Waals surface area contributed by atoms with Gasteiger partial charge in [0.15, 0.2) is 5.60 Å². The van der Waals surface area contributed by atoms with E-state index in [0.29, 0.717) is 37.1 Å². The van der Waals surface area contributed by atoms with Gasteiger partial charge in [0.1, 0.15) is 12.0 Å². The predicted octanol–water partition coefficient (Wildman–Crippen LogP) is 2.92. The number of carbonyl (C=O) groups excluding carboxylic acids is 2. The van der Waals surface area contributed by atoms with Gasteiger partial charge in [-0.05, 0) is 36.6 Å². The lowest BCUT2D eigenvalue weighted by atomic mass is 9.89. The van der Waals surface area contributed by atoms with E-state index in [1.165, 1.54) is 12.3 Å². The van der Waals surface area contributed by atoms with Crippen LogP contribution >= 0.6 is 0 Å². The highest BCUT2D eigenvalue weighted by Gasteiger charge is 2.58. The molecular formula is C22H22FN3O3. The van der Waals surface area contributed by atoms with Crippen molar-refractivity contribution in [2.75, 3.05) is 13.1 Å². The number of rotatable bonds is 2. The van der Waals surface area contributed by atoms with Crippen LogP contribution in [0.1, 0.15) is 47.6 Å². The van der Waals surface area contributed by atoms with Crippen molar-refractivity contribution in [2.24, 2.45) is 0 Å². The number of hydrogen-bond donors (Lipinski definition) is 0. The van der Waals surface area contributed by atoms with Crippen molar-refractivity contribution in [3.8, 4) is 0 Å². The highest BCUT2D eigenvalue weighted by Crippen LogP contribution is 2.47. The van der Waals surface area contributed by atoms with Crippen LogP contribution < -0.4 is 0 Å². The highest BCUT2D eigenvalue weighted by molar-refractivity contribution is 5.95. The number of pyridine rings is 1. The van der Waals surface area contributed by atoms with Crippen LogP contribution in [-0.2, 0) is 9.53 Å². The van der Waals surface area contributed by atoms with Crippen LogP contribution in [0, 0.1) is 5.82 Å². The van der Waals surface area contributed by atoms with Crippen molar-refractivity contribution in [1.29, 1.82) is 0 Å². The Labute approximate surface area is 168 Å². The molecule has 7 heteroatoms. The molecule has 1 aromatic heterocycles. The van der Waals surface area contributed by atoms with Gasteiger partial charge in [-0.15, -0.1) is 0 Å². The summed E-state index contributed by atoms with van der Waals surface area (Å²) in [5, 5.41) is 0. The van der Waals surface area contributed by atoms with Gasteiger partial charge in [-0.3, -0.25) is 14.6 Å². The molecule has 2 atom stereocenters. The number of carbonyl (C=O) groups is 2. The first kappa shape index (κ1) is 18.2. The molecule has 3 aliphatic rings. The third-order valence-electron chi connectivity index (χ3n) is 6.31. The molecule has 6 nitrogen and oxygen atoms in total. The fourth-order valence-electron chi connectivity index (χ4n) is 4.82. The van der Waals surface area contributed by atoms with Crippen LogP contribution in [0.5, 0.6) is 0 Å². The molecule has 5 rings (SSSR count). The lowest BCUT2D eigenvalue weighted by Crippen LogP contribution is -2.51. The number of benzene rings is 1. The van der Waals surface area contributed by atoms with E-state index in [4.69, 9.17) is 4.74 Å². The maximum atomic E-state index is 13.6. The average Bonchev–Trinajstić information content (AvgIpc) is 3.27. The third-order valence-corrected chi connectivity index (χ3v) is 6.31. The Morgan fingerprint density at radius 2 is 1.90 bits per heavy atom. The van der Waals surface area contributed by atoms with Crippen molar-refractivity contribution >= 4 is 11.8 Å². The maximum Gasteiger partial charge on any atom is 0.257 e. The number of fused-ring (bicyclic) bond motifs is 1. The fourth-order valence-corrected chi connectivity index (χ4v) is 4.82. The van der Waals surface area contributed by atoms with E-state index >= 15 is 0 Å². The second kappa shape index (κ2) is 6.91. The topological polar surface area (TPSA) is 62.7 Å². The van der Waals surface area contributed by atoms with Crippen LogP contribution in [0.25, 0.3) is 0 Å². The van der Waals surface area contributed by atoms with Crippen molar-refractivity contribution in [3.63, 3.8) is 0 Å². The number of ether oxygens (including phenoxy) is 1. The Hall–Kier alpha value is -2.80. The SMILES string of the molecule is O=C(c1ccccc1)N1CCC2(CC1)O[C@@H]1CC[C@@H](c3cncc(F)c3)N1C2=O. The van der Waals surface area contributed by atoms with Crippen molar-refractivity contribution in [1.82, 2.24) is 14.8 Å². The molecular weight excluding hydrogens is 373 g/mol. The summed E-state index contributed by atoms with van der Waals surface area (Å²) in [5.74, 6) is -0.461. The molecule has 4 heterocycles. The second-order valence-corrected chi connectivity index (χ2v) is 7.97. The first-order valence-electron chi connectivity index (χ1n) is 10.0. The Kier molecular flexibility index (Phi) is 4.35. The number of aromatic nitrogens is 1. The summed E-state index contributed by atoms with van der Waals surface area (Å²) in [6.07, 6.45) is 4.91. The van der Waals surface area contributed by atoms with Crippen LogP contribution in [0.3, 0.4) is 0 Å². The standard InChI is InChI=1S/C22H22FN3O3/c23-17-12-16(13-24-14-17)18-6-7-19-26(18)21(28)22(29-19)8-10-25(11-9-22)20(27)15-4-2-1-3-5-15/h1-5,12-14,18-19H,6-11H2/t18-,19+/m0/s1. The van der Waals surface area contributed by atoms with Crippen LogP contribution in [0.2, 0.25) is 0 Å². The molecule has 0 bridgehead atoms. The summed E-state index contributed by atoms with van der Waals surface area (Å²) in [5.41, 5.74) is 0.483. The molecule has 0 unspecified atom stereocenters. The van der Waals surface area contributed by atoms with Crippen molar-refractivity contribution < 1.29 is 18.7 Å². The van der Waals surface area contributed by atoms with E-state index in [9.17, 15) is 14.0 Å². The lowest BCUT2D eigenvalue weighted by molar-refractivity contribution is -0.142. The summed E-state index contributed by atoms with van der Waals surface area (Å²) in [6.45, 7) is 0.957. The first-order valence-corrected chi connectivity index (χ1v) is 10.0. The van der Waals surface area contributed by atoms with E-state index in [1.54, 1.807) is 28.1 Å². The molecule has 0 radical (unpaired) electrons. The minimum absolute atomic E-state index is 0.0184. The zero-order chi connectivity index (χ0) is 20.0. The van der Waals surface area contributed by atoms with Gasteiger partial charge >= 0.3 is 0 Å². The summed E-state index contributed by atoms with van der Waals surface area (Å²) in [4.78, 5) is 33.5. The Bertz CT molecular complexity index is 943. The minimum atomic E-state index is -0.877. The van der Waals surface area contributed by atoms with Crippen LogP contribution in [0.4, 0.5) is 4.39 Å². The Morgan fingerprint density at radius 3 is 2.62 bits per heavy atom. The highest BCUT2D eigenvalue weighted by atomic mass is 19.1. The molecule has 2 aromatic rings. The summed E-state index contributed by atoms with van der Waals surface area (Å²) >= 11 is 0. The zero-order valence-corrected chi connectivity index (χ0v) is 16.0. The zero-order valence-electron chi connectivity index (χ0n) is 16.0. The normalized spacial score (nSPS) is 25.5. The summed E-state index contributed by atoms with van der Waals surface area (Å²) in [6, 6.07) is 10.4.